The standard InChI is InChI=1S/C10H12N4S/c1-7-3-12-10(2-9(7)11)13-4-8-5-15-6-14-8/h2-3,5-6H,4H2,1H3,(H3,11,12,13). The first-order valence-corrected chi connectivity index (χ1v) is 5.53. The van der Waals surface area contributed by atoms with Crippen LogP contribution in [0.4, 0.5) is 11.5 Å². The molecule has 15 heavy (non-hydrogen) atoms. The van der Waals surface area contributed by atoms with E-state index in [9.17, 15) is 0 Å². The van der Waals surface area contributed by atoms with E-state index >= 15 is 0 Å². The molecule has 0 aliphatic heterocycles. The van der Waals surface area contributed by atoms with Crippen LogP contribution in [0.25, 0.3) is 0 Å². The molecule has 0 radical (unpaired) electrons. The van der Waals surface area contributed by atoms with E-state index in [2.05, 4.69) is 15.3 Å². The van der Waals surface area contributed by atoms with Gasteiger partial charge in [0.15, 0.2) is 0 Å². The predicted octanol–water partition coefficient (Wildman–Crippen LogP) is 2.04. The topological polar surface area (TPSA) is 63.8 Å². The third-order valence-electron chi connectivity index (χ3n) is 2.08. The minimum atomic E-state index is 0.680. The zero-order valence-electron chi connectivity index (χ0n) is 8.40. The highest BCUT2D eigenvalue weighted by atomic mass is 32.1. The van der Waals surface area contributed by atoms with Gasteiger partial charge < -0.3 is 11.1 Å². The van der Waals surface area contributed by atoms with Crippen LogP contribution in [-0.2, 0) is 6.54 Å². The van der Waals surface area contributed by atoms with Crippen LogP contribution in [0.5, 0.6) is 0 Å². The van der Waals surface area contributed by atoms with Gasteiger partial charge >= 0.3 is 0 Å². The smallest absolute Gasteiger partial charge is 0.128 e. The van der Waals surface area contributed by atoms with Crippen molar-refractivity contribution in [1.82, 2.24) is 9.97 Å². The maximum atomic E-state index is 5.78. The molecule has 4 nitrogen and oxygen atoms in total. The summed E-state index contributed by atoms with van der Waals surface area (Å²) >= 11 is 1.58. The van der Waals surface area contributed by atoms with Gasteiger partial charge in [-0.3, -0.25) is 0 Å². The van der Waals surface area contributed by atoms with E-state index in [1.807, 2.05) is 23.9 Å². The molecule has 0 aromatic carbocycles. The Morgan fingerprint density at radius 2 is 2.33 bits per heavy atom. The highest BCUT2D eigenvalue weighted by Crippen LogP contribution is 2.14. The van der Waals surface area contributed by atoms with Crippen molar-refractivity contribution < 1.29 is 0 Å². The molecule has 3 N–H and O–H groups in total. The molecule has 0 saturated carbocycles. The van der Waals surface area contributed by atoms with Crippen molar-refractivity contribution in [2.24, 2.45) is 0 Å². The average Bonchev–Trinajstić information content (AvgIpc) is 2.73. The van der Waals surface area contributed by atoms with Gasteiger partial charge in [0.2, 0.25) is 0 Å². The lowest BCUT2D eigenvalue weighted by Gasteiger charge is -2.05. The van der Waals surface area contributed by atoms with Gasteiger partial charge in [-0.25, -0.2) is 9.97 Å². The Kier molecular flexibility index (Phi) is 2.82. The lowest BCUT2D eigenvalue weighted by molar-refractivity contribution is 1.05. The molecule has 0 aliphatic carbocycles. The highest BCUT2D eigenvalue weighted by Gasteiger charge is 1.99. The molecule has 2 aromatic heterocycles. The number of anilines is 2. The molecule has 2 heterocycles. The highest BCUT2D eigenvalue weighted by molar-refractivity contribution is 7.07. The Bertz CT molecular complexity index is 439. The van der Waals surface area contributed by atoms with Gasteiger partial charge in [-0.2, -0.15) is 0 Å². The SMILES string of the molecule is Cc1cnc(NCc2cscn2)cc1N. The largest absolute Gasteiger partial charge is 0.398 e. The molecule has 0 bridgehead atoms. The fourth-order valence-corrected chi connectivity index (χ4v) is 1.70. The third kappa shape index (κ3) is 2.44. The zero-order valence-corrected chi connectivity index (χ0v) is 9.21. The number of nitrogens with one attached hydrogen (secondary N) is 1. The first-order valence-electron chi connectivity index (χ1n) is 4.59. The average molecular weight is 220 g/mol. The minimum Gasteiger partial charge on any atom is -0.398 e. The number of hydrogen-bond donors (Lipinski definition) is 2. The first kappa shape index (κ1) is 9.92. The van der Waals surface area contributed by atoms with E-state index in [1.54, 1.807) is 17.5 Å². The summed E-state index contributed by atoms with van der Waals surface area (Å²) in [4.78, 5) is 8.39. The van der Waals surface area contributed by atoms with Crippen molar-refractivity contribution >= 4 is 22.8 Å². The molecular weight excluding hydrogens is 208 g/mol. The Labute approximate surface area is 92.2 Å². The van der Waals surface area contributed by atoms with Gasteiger partial charge in [0.25, 0.3) is 0 Å². The van der Waals surface area contributed by atoms with Crippen LogP contribution in [0.2, 0.25) is 0 Å². The predicted molar refractivity (Wildman–Crippen MR) is 62.8 cm³/mol. The summed E-state index contributed by atoms with van der Waals surface area (Å²) in [6.45, 7) is 2.62. The molecule has 0 spiro atoms. The second-order valence-corrected chi connectivity index (χ2v) is 3.98. The van der Waals surface area contributed by atoms with Gasteiger partial charge in [-0.15, -0.1) is 11.3 Å². The van der Waals surface area contributed by atoms with Crippen LogP contribution in [0.1, 0.15) is 11.3 Å². The Morgan fingerprint density at radius 1 is 1.47 bits per heavy atom. The molecule has 0 saturated heterocycles. The first-order chi connectivity index (χ1) is 7.25. The molecule has 0 atom stereocenters. The van der Waals surface area contributed by atoms with Crippen molar-refractivity contribution in [2.75, 3.05) is 11.1 Å². The van der Waals surface area contributed by atoms with Crippen molar-refractivity contribution in [1.29, 1.82) is 0 Å². The number of aromatic nitrogens is 2. The monoisotopic (exact) mass is 220 g/mol. The number of nitrogens with zero attached hydrogens (tertiary/aromatic N) is 2. The lowest BCUT2D eigenvalue weighted by Crippen LogP contribution is -2.02. The summed E-state index contributed by atoms with van der Waals surface area (Å²) in [5.74, 6) is 0.783. The number of thiazole rings is 1. The molecule has 78 valence electrons. The van der Waals surface area contributed by atoms with Crippen molar-refractivity contribution in [2.45, 2.75) is 13.5 Å². The normalized spacial score (nSPS) is 10.2. The molecule has 2 rings (SSSR count). The summed E-state index contributed by atoms with van der Waals surface area (Å²) in [5.41, 5.74) is 10.4. The Hall–Kier alpha value is -1.62. The minimum absolute atomic E-state index is 0.680. The van der Waals surface area contributed by atoms with E-state index in [4.69, 9.17) is 5.73 Å². The van der Waals surface area contributed by atoms with Crippen LogP contribution >= 0.6 is 11.3 Å². The molecule has 2 aromatic rings. The van der Waals surface area contributed by atoms with Crippen LogP contribution in [0.3, 0.4) is 0 Å². The van der Waals surface area contributed by atoms with Crippen molar-refractivity contribution in [3.63, 3.8) is 0 Å². The molecular formula is C10H12N4S. The quantitative estimate of drug-likeness (QED) is 0.830. The van der Waals surface area contributed by atoms with Gasteiger partial charge in [0, 0.05) is 23.3 Å². The Balaban J connectivity index is 2.02. The number of rotatable bonds is 3. The fourth-order valence-electron chi connectivity index (χ4n) is 1.14. The lowest BCUT2D eigenvalue weighted by atomic mass is 10.2. The number of pyridine rings is 1. The van der Waals surface area contributed by atoms with Gasteiger partial charge in [-0.05, 0) is 12.5 Å². The molecule has 0 aliphatic rings. The Morgan fingerprint density at radius 3 is 3.00 bits per heavy atom. The maximum absolute atomic E-state index is 5.78. The summed E-state index contributed by atoms with van der Waals surface area (Å²) in [7, 11) is 0. The van der Waals surface area contributed by atoms with Crippen LogP contribution in [-0.4, -0.2) is 9.97 Å². The molecule has 5 heteroatoms. The summed E-state index contributed by atoms with van der Waals surface area (Å²) < 4.78 is 0. The summed E-state index contributed by atoms with van der Waals surface area (Å²) in [6, 6.07) is 1.84. The van der Waals surface area contributed by atoms with Crippen LogP contribution in [0, 0.1) is 6.92 Å². The van der Waals surface area contributed by atoms with Crippen LogP contribution in [0.15, 0.2) is 23.2 Å². The van der Waals surface area contributed by atoms with Gasteiger partial charge in [0.05, 0.1) is 17.7 Å². The maximum Gasteiger partial charge on any atom is 0.128 e. The molecule has 0 fully saturated rings. The van der Waals surface area contributed by atoms with E-state index in [1.165, 1.54) is 0 Å². The number of aryl methyl sites for hydroxylation is 1. The van der Waals surface area contributed by atoms with Gasteiger partial charge in [0.1, 0.15) is 5.82 Å². The van der Waals surface area contributed by atoms with Crippen LogP contribution < -0.4 is 11.1 Å². The number of hydrogen-bond acceptors (Lipinski definition) is 5. The summed E-state index contributed by atoms with van der Waals surface area (Å²) in [5, 5.41) is 5.17. The van der Waals surface area contributed by atoms with E-state index < -0.39 is 0 Å². The second-order valence-electron chi connectivity index (χ2n) is 3.26. The number of nitrogen functional groups attached to an aromatic ring is 1. The van der Waals surface area contributed by atoms with E-state index in [-0.39, 0.29) is 0 Å². The van der Waals surface area contributed by atoms with E-state index in [0.717, 1.165) is 22.8 Å². The van der Waals surface area contributed by atoms with Crippen molar-refractivity contribution in [3.05, 3.63) is 34.4 Å². The zero-order chi connectivity index (χ0) is 10.7. The van der Waals surface area contributed by atoms with E-state index in [0.29, 0.717) is 6.54 Å². The summed E-state index contributed by atoms with van der Waals surface area (Å²) in [6.07, 6.45) is 1.76. The van der Waals surface area contributed by atoms with Gasteiger partial charge in [-0.1, -0.05) is 0 Å². The van der Waals surface area contributed by atoms with Crippen molar-refractivity contribution in [3.8, 4) is 0 Å². The third-order valence-corrected chi connectivity index (χ3v) is 2.71. The molecule has 0 amide bonds. The fraction of sp³-hybridized carbons (Fsp3) is 0.200. The molecule has 0 unspecified atom stereocenters. The number of nitrogens with two attached hydrogens (primary N) is 1. The second kappa shape index (κ2) is 4.27.